The van der Waals surface area contributed by atoms with Gasteiger partial charge in [-0.25, -0.2) is 0 Å². The van der Waals surface area contributed by atoms with Crippen LogP contribution in [0.25, 0.3) is 0 Å². The Balaban J connectivity index is 1.72. The molecule has 0 radical (unpaired) electrons. The third-order valence-corrected chi connectivity index (χ3v) is 4.16. The molecule has 0 N–H and O–H groups in total. The fourth-order valence-electron chi connectivity index (χ4n) is 2.67. The fourth-order valence-corrected chi connectivity index (χ4v) is 2.67. The van der Waals surface area contributed by atoms with Crippen LogP contribution in [0.5, 0.6) is 11.5 Å². The van der Waals surface area contributed by atoms with E-state index in [1.165, 1.54) is 32.1 Å². The second-order valence-corrected chi connectivity index (χ2v) is 6.37. The summed E-state index contributed by atoms with van der Waals surface area (Å²) in [7, 11) is 0. The molecule has 26 heavy (non-hydrogen) atoms. The summed E-state index contributed by atoms with van der Waals surface area (Å²) in [5.74, 6) is 1.80. The Hall–Kier alpha value is -2.29. The SMILES string of the molecule is CCCCCCCCOc1ccc(N=Cc2ccc(OCC)cc2)cc1. The molecule has 0 aliphatic carbocycles. The summed E-state index contributed by atoms with van der Waals surface area (Å²) >= 11 is 0. The topological polar surface area (TPSA) is 30.8 Å². The Morgan fingerprint density at radius 1 is 0.731 bits per heavy atom. The lowest BCUT2D eigenvalue weighted by molar-refractivity contribution is 0.304. The Morgan fingerprint density at radius 2 is 1.35 bits per heavy atom. The predicted molar refractivity (Wildman–Crippen MR) is 110 cm³/mol. The summed E-state index contributed by atoms with van der Waals surface area (Å²) in [6.07, 6.45) is 9.55. The van der Waals surface area contributed by atoms with Gasteiger partial charge in [0.15, 0.2) is 0 Å². The maximum atomic E-state index is 5.80. The fraction of sp³-hybridized carbons (Fsp3) is 0.435. The smallest absolute Gasteiger partial charge is 0.119 e. The molecule has 0 fully saturated rings. The minimum Gasteiger partial charge on any atom is -0.494 e. The zero-order valence-electron chi connectivity index (χ0n) is 16.1. The highest BCUT2D eigenvalue weighted by molar-refractivity contribution is 5.82. The zero-order valence-corrected chi connectivity index (χ0v) is 16.1. The number of hydrogen-bond donors (Lipinski definition) is 0. The van der Waals surface area contributed by atoms with Crippen LogP contribution in [0.2, 0.25) is 0 Å². The Bertz CT molecular complexity index is 632. The molecule has 0 saturated carbocycles. The number of rotatable bonds is 12. The van der Waals surface area contributed by atoms with Crippen molar-refractivity contribution >= 4 is 11.9 Å². The summed E-state index contributed by atoms with van der Waals surface area (Å²) in [6, 6.07) is 15.9. The van der Waals surface area contributed by atoms with Crippen molar-refractivity contribution in [2.24, 2.45) is 4.99 Å². The van der Waals surface area contributed by atoms with Crippen molar-refractivity contribution in [3.63, 3.8) is 0 Å². The first kappa shape index (κ1) is 20.0. The maximum Gasteiger partial charge on any atom is 0.119 e. The summed E-state index contributed by atoms with van der Waals surface area (Å²) in [4.78, 5) is 4.51. The van der Waals surface area contributed by atoms with Gasteiger partial charge in [0.1, 0.15) is 11.5 Å². The van der Waals surface area contributed by atoms with E-state index in [0.29, 0.717) is 6.61 Å². The molecule has 0 bridgehead atoms. The molecule has 0 aliphatic heterocycles. The van der Waals surface area contributed by atoms with Crippen LogP contribution >= 0.6 is 0 Å². The van der Waals surface area contributed by atoms with Crippen LogP contribution in [-0.2, 0) is 0 Å². The van der Waals surface area contributed by atoms with Gasteiger partial charge in [0.25, 0.3) is 0 Å². The van der Waals surface area contributed by atoms with Crippen molar-refractivity contribution in [1.82, 2.24) is 0 Å². The Kier molecular flexibility index (Phi) is 9.34. The van der Waals surface area contributed by atoms with Crippen molar-refractivity contribution in [2.75, 3.05) is 13.2 Å². The van der Waals surface area contributed by atoms with Crippen LogP contribution in [-0.4, -0.2) is 19.4 Å². The summed E-state index contributed by atoms with van der Waals surface area (Å²) in [5, 5.41) is 0. The minimum atomic E-state index is 0.681. The molecular formula is C23H31NO2. The van der Waals surface area contributed by atoms with Gasteiger partial charge in [-0.2, -0.15) is 0 Å². The molecule has 0 heterocycles. The summed E-state index contributed by atoms with van der Waals surface area (Å²) in [6.45, 7) is 5.70. The molecule has 0 aliphatic rings. The molecule has 0 amide bonds. The number of aliphatic imine (C=N–C) groups is 1. The van der Waals surface area contributed by atoms with Crippen LogP contribution < -0.4 is 9.47 Å². The first-order valence-corrected chi connectivity index (χ1v) is 9.81. The van der Waals surface area contributed by atoms with E-state index in [2.05, 4.69) is 11.9 Å². The van der Waals surface area contributed by atoms with Gasteiger partial charge < -0.3 is 9.47 Å². The van der Waals surface area contributed by atoms with Crippen LogP contribution in [0.15, 0.2) is 53.5 Å². The predicted octanol–water partition coefficient (Wildman–Crippen LogP) is 6.58. The van der Waals surface area contributed by atoms with E-state index in [1.54, 1.807) is 0 Å². The van der Waals surface area contributed by atoms with Gasteiger partial charge in [0.05, 0.1) is 18.9 Å². The molecule has 2 rings (SSSR count). The number of unbranched alkanes of at least 4 members (excludes halogenated alkanes) is 5. The molecule has 0 atom stereocenters. The van der Waals surface area contributed by atoms with Gasteiger partial charge in [0, 0.05) is 6.21 Å². The third-order valence-electron chi connectivity index (χ3n) is 4.16. The lowest BCUT2D eigenvalue weighted by Gasteiger charge is -2.06. The van der Waals surface area contributed by atoms with Gasteiger partial charge in [0.2, 0.25) is 0 Å². The molecule has 0 unspecified atom stereocenters. The van der Waals surface area contributed by atoms with E-state index in [1.807, 2.05) is 61.7 Å². The Labute approximate surface area is 158 Å². The number of benzene rings is 2. The van der Waals surface area contributed by atoms with Crippen molar-refractivity contribution in [1.29, 1.82) is 0 Å². The van der Waals surface area contributed by atoms with E-state index in [-0.39, 0.29) is 0 Å². The van der Waals surface area contributed by atoms with E-state index in [4.69, 9.17) is 9.47 Å². The van der Waals surface area contributed by atoms with Crippen LogP contribution in [0.1, 0.15) is 57.9 Å². The van der Waals surface area contributed by atoms with Crippen molar-refractivity contribution in [3.8, 4) is 11.5 Å². The standard InChI is InChI=1S/C23H31NO2/c1-3-5-6-7-8-9-18-26-23-16-12-21(13-17-23)24-19-20-10-14-22(15-11-20)25-4-2/h10-17,19H,3-9,18H2,1-2H3. The minimum absolute atomic E-state index is 0.681. The number of ether oxygens (including phenoxy) is 2. The van der Waals surface area contributed by atoms with Gasteiger partial charge in [-0.15, -0.1) is 0 Å². The van der Waals surface area contributed by atoms with E-state index >= 15 is 0 Å². The molecule has 3 heteroatoms. The second kappa shape index (κ2) is 12.1. The molecule has 2 aromatic rings. The average Bonchev–Trinajstić information content (AvgIpc) is 2.68. The summed E-state index contributed by atoms with van der Waals surface area (Å²) in [5.41, 5.74) is 1.97. The van der Waals surface area contributed by atoms with E-state index in [9.17, 15) is 0 Å². The molecule has 2 aromatic carbocycles. The lowest BCUT2D eigenvalue weighted by Crippen LogP contribution is -1.96. The van der Waals surface area contributed by atoms with Crippen LogP contribution in [0.4, 0.5) is 5.69 Å². The maximum absolute atomic E-state index is 5.80. The van der Waals surface area contributed by atoms with Crippen molar-refractivity contribution in [2.45, 2.75) is 52.4 Å². The largest absolute Gasteiger partial charge is 0.494 e. The quantitative estimate of drug-likeness (QED) is 0.319. The molecular weight excluding hydrogens is 322 g/mol. The monoisotopic (exact) mass is 353 g/mol. The van der Waals surface area contributed by atoms with Gasteiger partial charge >= 0.3 is 0 Å². The Morgan fingerprint density at radius 3 is 2.04 bits per heavy atom. The molecule has 0 saturated heterocycles. The van der Waals surface area contributed by atoms with E-state index < -0.39 is 0 Å². The van der Waals surface area contributed by atoms with Crippen LogP contribution in [0.3, 0.4) is 0 Å². The molecule has 0 aromatic heterocycles. The number of hydrogen-bond acceptors (Lipinski definition) is 3. The molecule has 3 nitrogen and oxygen atoms in total. The highest BCUT2D eigenvalue weighted by Gasteiger charge is 1.96. The van der Waals surface area contributed by atoms with Gasteiger partial charge in [-0.3, -0.25) is 4.99 Å². The number of nitrogens with zero attached hydrogens (tertiary/aromatic N) is 1. The van der Waals surface area contributed by atoms with Crippen molar-refractivity contribution in [3.05, 3.63) is 54.1 Å². The molecule has 140 valence electrons. The molecule has 0 spiro atoms. The van der Waals surface area contributed by atoms with Gasteiger partial charge in [-0.05, 0) is 67.4 Å². The lowest BCUT2D eigenvalue weighted by atomic mass is 10.1. The van der Waals surface area contributed by atoms with Crippen molar-refractivity contribution < 1.29 is 9.47 Å². The van der Waals surface area contributed by atoms with Gasteiger partial charge in [-0.1, -0.05) is 39.0 Å². The van der Waals surface area contributed by atoms with Crippen LogP contribution in [0, 0.1) is 0 Å². The first-order chi connectivity index (χ1) is 12.8. The highest BCUT2D eigenvalue weighted by Crippen LogP contribution is 2.19. The summed E-state index contributed by atoms with van der Waals surface area (Å²) < 4.78 is 11.2. The zero-order chi connectivity index (χ0) is 18.5. The third kappa shape index (κ3) is 7.73. The van der Waals surface area contributed by atoms with E-state index in [0.717, 1.165) is 35.8 Å². The first-order valence-electron chi connectivity index (χ1n) is 9.81. The normalized spacial score (nSPS) is 11.0. The second-order valence-electron chi connectivity index (χ2n) is 6.37. The highest BCUT2D eigenvalue weighted by atomic mass is 16.5. The average molecular weight is 354 g/mol.